The van der Waals surface area contributed by atoms with Crippen molar-refractivity contribution >= 4 is 28.5 Å². The van der Waals surface area contributed by atoms with E-state index < -0.39 is 11.6 Å². The van der Waals surface area contributed by atoms with Gasteiger partial charge in [0.2, 0.25) is 5.91 Å². The fraction of sp³-hybridized carbons (Fsp3) is 0.292. The highest BCUT2D eigenvalue weighted by Crippen LogP contribution is 2.25. The number of rotatable bonds is 6. The second kappa shape index (κ2) is 8.63. The summed E-state index contributed by atoms with van der Waals surface area (Å²) in [6.07, 6.45) is 1.43. The van der Waals surface area contributed by atoms with E-state index in [4.69, 9.17) is 13.9 Å². The molecule has 7 nitrogen and oxygen atoms in total. The minimum atomic E-state index is -0.552. The molecule has 0 atom stereocenters. The Hall–Kier alpha value is -3.61. The molecule has 0 unspecified atom stereocenters. The lowest BCUT2D eigenvalue weighted by molar-refractivity contribution is -0.147. The molecule has 0 N–H and O–H groups in total. The standard InChI is InChI=1S/C24H23NO6/c1-15-5-10-20-17(12-22(27)31-24(20)16(15)2)13-30-23(28)14-29-19-8-6-18(7-9-19)25-11-3-4-21(25)26/h5-10,12H,3-4,11,13-14H2,1-2H3. The van der Waals surface area contributed by atoms with Crippen molar-refractivity contribution in [3.63, 3.8) is 0 Å². The first-order valence-corrected chi connectivity index (χ1v) is 10.1. The number of carbonyl (C=O) groups excluding carboxylic acids is 2. The number of hydrogen-bond acceptors (Lipinski definition) is 6. The van der Waals surface area contributed by atoms with Crippen LogP contribution in [0.15, 0.2) is 51.7 Å². The van der Waals surface area contributed by atoms with E-state index in [1.54, 1.807) is 29.2 Å². The molecule has 0 radical (unpaired) electrons. The first-order chi connectivity index (χ1) is 14.9. The van der Waals surface area contributed by atoms with Gasteiger partial charge in [-0.05, 0) is 55.7 Å². The molecule has 2 heterocycles. The van der Waals surface area contributed by atoms with Crippen molar-refractivity contribution in [2.45, 2.75) is 33.3 Å². The number of esters is 1. The van der Waals surface area contributed by atoms with Crippen molar-refractivity contribution in [2.75, 3.05) is 18.1 Å². The topological polar surface area (TPSA) is 86.0 Å². The molecular formula is C24H23NO6. The summed E-state index contributed by atoms with van der Waals surface area (Å²) in [5.41, 5.74) is 3.31. The van der Waals surface area contributed by atoms with Crippen molar-refractivity contribution in [1.29, 1.82) is 0 Å². The second-order valence-corrected chi connectivity index (χ2v) is 7.57. The molecule has 1 amide bonds. The first kappa shape index (κ1) is 20.7. The van der Waals surface area contributed by atoms with E-state index >= 15 is 0 Å². The Morgan fingerprint density at radius 1 is 1.10 bits per heavy atom. The number of amides is 1. The third-order valence-electron chi connectivity index (χ3n) is 5.48. The van der Waals surface area contributed by atoms with Crippen LogP contribution in [0.3, 0.4) is 0 Å². The molecule has 31 heavy (non-hydrogen) atoms. The van der Waals surface area contributed by atoms with E-state index in [-0.39, 0.29) is 19.1 Å². The number of carbonyl (C=O) groups is 2. The van der Waals surface area contributed by atoms with Gasteiger partial charge in [0.25, 0.3) is 0 Å². The third kappa shape index (κ3) is 4.45. The van der Waals surface area contributed by atoms with Crippen LogP contribution in [0.4, 0.5) is 5.69 Å². The molecule has 4 rings (SSSR count). The summed E-state index contributed by atoms with van der Waals surface area (Å²) in [5.74, 6) is 0.0679. The smallest absolute Gasteiger partial charge is 0.344 e. The van der Waals surface area contributed by atoms with Crippen LogP contribution in [0.5, 0.6) is 5.75 Å². The molecule has 0 bridgehead atoms. The van der Waals surface area contributed by atoms with Gasteiger partial charge in [-0.25, -0.2) is 9.59 Å². The molecule has 0 saturated carbocycles. The van der Waals surface area contributed by atoms with Gasteiger partial charge < -0.3 is 18.8 Å². The molecule has 0 spiro atoms. The van der Waals surface area contributed by atoms with E-state index in [0.29, 0.717) is 23.3 Å². The van der Waals surface area contributed by atoms with Crippen LogP contribution < -0.4 is 15.3 Å². The fourth-order valence-electron chi connectivity index (χ4n) is 3.63. The molecule has 0 aliphatic carbocycles. The van der Waals surface area contributed by atoms with Gasteiger partial charge in [-0.2, -0.15) is 0 Å². The summed E-state index contributed by atoms with van der Waals surface area (Å²) in [6, 6.07) is 12.2. The van der Waals surface area contributed by atoms with Crippen LogP contribution in [0.1, 0.15) is 29.5 Å². The van der Waals surface area contributed by atoms with Crippen molar-refractivity contribution < 1.29 is 23.5 Å². The predicted molar refractivity (Wildman–Crippen MR) is 115 cm³/mol. The van der Waals surface area contributed by atoms with Crippen LogP contribution in [0.25, 0.3) is 11.0 Å². The molecule has 1 fully saturated rings. The largest absolute Gasteiger partial charge is 0.482 e. The van der Waals surface area contributed by atoms with Gasteiger partial charge in [-0.1, -0.05) is 12.1 Å². The van der Waals surface area contributed by atoms with E-state index in [1.165, 1.54) is 6.07 Å². The maximum atomic E-state index is 12.1. The summed E-state index contributed by atoms with van der Waals surface area (Å²) in [6.45, 7) is 4.22. The quantitative estimate of drug-likeness (QED) is 0.446. The summed E-state index contributed by atoms with van der Waals surface area (Å²) < 4.78 is 16.1. The van der Waals surface area contributed by atoms with Gasteiger partial charge in [0.15, 0.2) is 6.61 Å². The zero-order valence-electron chi connectivity index (χ0n) is 17.5. The SMILES string of the molecule is Cc1ccc2c(COC(=O)COc3ccc(N4CCCC4=O)cc3)cc(=O)oc2c1C. The molecule has 1 aliphatic heterocycles. The number of anilines is 1. The summed E-state index contributed by atoms with van der Waals surface area (Å²) in [4.78, 5) is 37.6. The number of hydrogen-bond donors (Lipinski definition) is 0. The Morgan fingerprint density at radius 3 is 2.58 bits per heavy atom. The molecule has 2 aromatic carbocycles. The number of benzene rings is 2. The van der Waals surface area contributed by atoms with Crippen LogP contribution in [-0.2, 0) is 20.9 Å². The number of aryl methyl sites for hydroxylation is 2. The summed E-state index contributed by atoms with van der Waals surface area (Å²) in [7, 11) is 0. The Labute approximate surface area is 179 Å². The lowest BCUT2D eigenvalue weighted by Gasteiger charge is -2.16. The van der Waals surface area contributed by atoms with E-state index in [2.05, 4.69) is 0 Å². The van der Waals surface area contributed by atoms with E-state index in [0.717, 1.165) is 35.2 Å². The van der Waals surface area contributed by atoms with Gasteiger partial charge in [0.05, 0.1) is 0 Å². The van der Waals surface area contributed by atoms with Gasteiger partial charge >= 0.3 is 11.6 Å². The highest BCUT2D eigenvalue weighted by molar-refractivity contribution is 5.95. The Bertz CT molecular complexity index is 1200. The molecule has 3 aromatic rings. The van der Waals surface area contributed by atoms with Crippen LogP contribution in [-0.4, -0.2) is 25.0 Å². The first-order valence-electron chi connectivity index (χ1n) is 10.1. The van der Waals surface area contributed by atoms with Gasteiger partial charge in [0, 0.05) is 35.7 Å². The maximum Gasteiger partial charge on any atom is 0.344 e. The van der Waals surface area contributed by atoms with E-state index in [1.807, 2.05) is 26.0 Å². The van der Waals surface area contributed by atoms with Crippen molar-refractivity contribution in [3.8, 4) is 5.75 Å². The Kier molecular flexibility index (Phi) is 5.75. The van der Waals surface area contributed by atoms with Crippen molar-refractivity contribution in [3.05, 3.63) is 69.6 Å². The molecule has 1 aliphatic rings. The van der Waals surface area contributed by atoms with E-state index in [9.17, 15) is 14.4 Å². The van der Waals surface area contributed by atoms with Crippen LogP contribution in [0.2, 0.25) is 0 Å². The molecule has 7 heteroatoms. The highest BCUT2D eigenvalue weighted by atomic mass is 16.6. The Morgan fingerprint density at radius 2 is 1.87 bits per heavy atom. The van der Waals surface area contributed by atoms with Gasteiger partial charge in [-0.3, -0.25) is 4.79 Å². The average molecular weight is 421 g/mol. The minimum Gasteiger partial charge on any atom is -0.482 e. The molecule has 1 saturated heterocycles. The fourth-order valence-corrected chi connectivity index (χ4v) is 3.63. The molecule has 160 valence electrons. The van der Waals surface area contributed by atoms with Crippen molar-refractivity contribution in [2.24, 2.45) is 0 Å². The number of nitrogens with zero attached hydrogens (tertiary/aromatic N) is 1. The zero-order valence-corrected chi connectivity index (χ0v) is 17.5. The minimum absolute atomic E-state index is 0.0528. The monoisotopic (exact) mass is 421 g/mol. The lowest BCUT2D eigenvalue weighted by Crippen LogP contribution is -2.23. The van der Waals surface area contributed by atoms with Crippen LogP contribution in [0, 0.1) is 13.8 Å². The lowest BCUT2D eigenvalue weighted by atomic mass is 10.0. The van der Waals surface area contributed by atoms with Crippen molar-refractivity contribution in [1.82, 2.24) is 0 Å². The molecular weight excluding hydrogens is 398 g/mol. The zero-order chi connectivity index (χ0) is 22.0. The normalized spacial score (nSPS) is 13.6. The maximum absolute atomic E-state index is 12.1. The number of fused-ring (bicyclic) bond motifs is 1. The van der Waals surface area contributed by atoms with Gasteiger partial charge in [0.1, 0.15) is 17.9 Å². The highest BCUT2D eigenvalue weighted by Gasteiger charge is 2.21. The second-order valence-electron chi connectivity index (χ2n) is 7.57. The predicted octanol–water partition coefficient (Wildman–Crippen LogP) is 3.66. The Balaban J connectivity index is 1.36. The summed E-state index contributed by atoms with van der Waals surface area (Å²) >= 11 is 0. The summed E-state index contributed by atoms with van der Waals surface area (Å²) in [5, 5.41) is 0.739. The van der Waals surface area contributed by atoms with Gasteiger partial charge in [-0.15, -0.1) is 0 Å². The number of ether oxygens (including phenoxy) is 2. The molecule has 1 aromatic heterocycles. The average Bonchev–Trinajstić information content (AvgIpc) is 3.19. The van der Waals surface area contributed by atoms with Crippen LogP contribution >= 0.6 is 0 Å². The third-order valence-corrected chi connectivity index (χ3v) is 5.48.